The molecule has 0 aromatic heterocycles. The van der Waals surface area contributed by atoms with Crippen LogP contribution >= 0.6 is 0 Å². The topological polar surface area (TPSA) is 78.5 Å². The Morgan fingerprint density at radius 1 is 1.14 bits per heavy atom. The number of imide groups is 1. The summed E-state index contributed by atoms with van der Waals surface area (Å²) in [4.78, 5) is 37.0. The van der Waals surface area contributed by atoms with Crippen LogP contribution in [-0.4, -0.2) is 35.3 Å². The van der Waals surface area contributed by atoms with Gasteiger partial charge < -0.3 is 10.6 Å². The van der Waals surface area contributed by atoms with Crippen molar-refractivity contribution in [3.63, 3.8) is 0 Å². The normalized spacial score (nSPS) is 22.9. The Hall–Kier alpha value is -2.37. The molecule has 2 N–H and O–H groups in total. The van der Waals surface area contributed by atoms with E-state index in [1.807, 2.05) is 0 Å². The number of urea groups is 1. The highest BCUT2D eigenvalue weighted by atomic mass is 16.2. The number of amides is 4. The Morgan fingerprint density at radius 2 is 1.79 bits per heavy atom. The fourth-order valence-electron chi connectivity index (χ4n) is 4.14. The summed E-state index contributed by atoms with van der Waals surface area (Å²) < 4.78 is 0. The van der Waals surface area contributed by atoms with Gasteiger partial charge in [0.2, 0.25) is 5.91 Å². The SMILES string of the molecule is CCC(C)(C)C1CCC(NC(=O)c2ccc(CN3C(=O)CNC3=O)cc2)CC1. The predicted octanol–water partition coefficient (Wildman–Crippen LogP) is 3.46. The Morgan fingerprint density at radius 3 is 2.32 bits per heavy atom. The molecule has 28 heavy (non-hydrogen) atoms. The van der Waals surface area contributed by atoms with Gasteiger partial charge in [-0.2, -0.15) is 0 Å². The van der Waals surface area contributed by atoms with Gasteiger partial charge in [-0.05, 0) is 54.7 Å². The van der Waals surface area contributed by atoms with E-state index < -0.39 is 0 Å². The summed E-state index contributed by atoms with van der Waals surface area (Å²) in [7, 11) is 0. The van der Waals surface area contributed by atoms with Crippen LogP contribution in [0.2, 0.25) is 0 Å². The molecule has 0 atom stereocenters. The number of hydrogen-bond donors (Lipinski definition) is 2. The molecule has 2 fully saturated rings. The molecule has 3 rings (SSSR count). The van der Waals surface area contributed by atoms with E-state index in [-0.39, 0.29) is 37.0 Å². The third kappa shape index (κ3) is 4.54. The molecular formula is C22H31N3O3. The first kappa shape index (κ1) is 20.4. The molecule has 0 bridgehead atoms. The smallest absolute Gasteiger partial charge is 0.324 e. The summed E-state index contributed by atoms with van der Waals surface area (Å²) in [6.07, 6.45) is 5.58. The molecule has 1 aromatic rings. The summed E-state index contributed by atoms with van der Waals surface area (Å²) in [6.45, 7) is 7.22. The van der Waals surface area contributed by atoms with Gasteiger partial charge in [-0.25, -0.2) is 4.79 Å². The Labute approximate surface area is 167 Å². The van der Waals surface area contributed by atoms with E-state index in [9.17, 15) is 14.4 Å². The van der Waals surface area contributed by atoms with Gasteiger partial charge in [-0.1, -0.05) is 39.3 Å². The third-order valence-corrected chi connectivity index (χ3v) is 6.57. The molecule has 1 aliphatic heterocycles. The number of nitrogens with one attached hydrogen (secondary N) is 2. The van der Waals surface area contributed by atoms with Crippen molar-refractivity contribution in [3.8, 4) is 0 Å². The molecule has 6 nitrogen and oxygen atoms in total. The zero-order valence-electron chi connectivity index (χ0n) is 17.1. The summed E-state index contributed by atoms with van der Waals surface area (Å²) >= 11 is 0. The number of hydrogen-bond acceptors (Lipinski definition) is 3. The third-order valence-electron chi connectivity index (χ3n) is 6.57. The lowest BCUT2D eigenvalue weighted by Crippen LogP contribution is -2.39. The zero-order chi connectivity index (χ0) is 20.3. The van der Waals surface area contributed by atoms with Crippen LogP contribution in [0.15, 0.2) is 24.3 Å². The summed E-state index contributed by atoms with van der Waals surface area (Å²) in [5.41, 5.74) is 1.81. The first-order valence-corrected chi connectivity index (χ1v) is 10.3. The van der Waals surface area contributed by atoms with Crippen LogP contribution in [-0.2, 0) is 11.3 Å². The number of benzene rings is 1. The summed E-state index contributed by atoms with van der Waals surface area (Å²) in [5, 5.41) is 5.67. The lowest BCUT2D eigenvalue weighted by Gasteiger charge is -2.39. The van der Waals surface area contributed by atoms with Crippen molar-refractivity contribution in [2.24, 2.45) is 11.3 Å². The van der Waals surface area contributed by atoms with Crippen LogP contribution in [0, 0.1) is 11.3 Å². The molecule has 0 radical (unpaired) electrons. The van der Waals surface area contributed by atoms with Crippen LogP contribution in [0.1, 0.15) is 68.8 Å². The minimum atomic E-state index is -0.367. The van der Waals surface area contributed by atoms with E-state index in [1.165, 1.54) is 11.3 Å². The van der Waals surface area contributed by atoms with E-state index in [0.717, 1.165) is 37.2 Å². The van der Waals surface area contributed by atoms with Crippen LogP contribution in [0.5, 0.6) is 0 Å². The minimum Gasteiger partial charge on any atom is -0.349 e. The molecule has 1 aromatic carbocycles. The summed E-state index contributed by atoms with van der Waals surface area (Å²) in [5.74, 6) is 0.448. The van der Waals surface area contributed by atoms with Gasteiger partial charge in [0.25, 0.3) is 5.91 Å². The minimum absolute atomic E-state index is 0.0526. The highest BCUT2D eigenvalue weighted by molar-refractivity contribution is 6.01. The highest BCUT2D eigenvalue weighted by Gasteiger charge is 2.32. The van der Waals surface area contributed by atoms with Crippen LogP contribution in [0.4, 0.5) is 4.79 Å². The molecule has 152 valence electrons. The second-order valence-corrected chi connectivity index (χ2v) is 8.70. The van der Waals surface area contributed by atoms with Crippen LogP contribution in [0.3, 0.4) is 0 Å². The summed E-state index contributed by atoms with van der Waals surface area (Å²) in [6, 6.07) is 6.99. The number of carbonyl (C=O) groups excluding carboxylic acids is 3. The van der Waals surface area contributed by atoms with Crippen molar-refractivity contribution in [3.05, 3.63) is 35.4 Å². The number of carbonyl (C=O) groups is 3. The number of nitrogens with zero attached hydrogens (tertiary/aromatic N) is 1. The molecule has 1 aliphatic carbocycles. The second-order valence-electron chi connectivity index (χ2n) is 8.70. The molecule has 1 saturated carbocycles. The molecule has 2 aliphatic rings. The molecule has 0 unspecified atom stereocenters. The van der Waals surface area contributed by atoms with Crippen molar-refractivity contribution in [2.45, 2.75) is 65.5 Å². The van der Waals surface area contributed by atoms with Gasteiger partial charge in [-0.3, -0.25) is 14.5 Å². The van der Waals surface area contributed by atoms with Gasteiger partial charge in [0.1, 0.15) is 0 Å². The largest absolute Gasteiger partial charge is 0.349 e. The molecule has 6 heteroatoms. The van der Waals surface area contributed by atoms with E-state index in [1.54, 1.807) is 24.3 Å². The van der Waals surface area contributed by atoms with Crippen molar-refractivity contribution < 1.29 is 14.4 Å². The second kappa shape index (κ2) is 8.33. The predicted molar refractivity (Wildman–Crippen MR) is 108 cm³/mol. The van der Waals surface area contributed by atoms with Gasteiger partial charge in [0.15, 0.2) is 0 Å². The fourth-order valence-corrected chi connectivity index (χ4v) is 4.14. The first-order chi connectivity index (χ1) is 13.3. The maximum atomic E-state index is 12.6. The van der Waals surface area contributed by atoms with Crippen LogP contribution < -0.4 is 10.6 Å². The maximum absolute atomic E-state index is 12.6. The van der Waals surface area contributed by atoms with Gasteiger partial charge in [-0.15, -0.1) is 0 Å². The lowest BCUT2D eigenvalue weighted by atomic mass is 9.69. The van der Waals surface area contributed by atoms with Crippen molar-refractivity contribution in [1.29, 1.82) is 0 Å². The fraction of sp³-hybridized carbons (Fsp3) is 0.591. The maximum Gasteiger partial charge on any atom is 0.324 e. The van der Waals surface area contributed by atoms with Crippen molar-refractivity contribution in [1.82, 2.24) is 15.5 Å². The monoisotopic (exact) mass is 385 g/mol. The van der Waals surface area contributed by atoms with Crippen LogP contribution in [0.25, 0.3) is 0 Å². The highest BCUT2D eigenvalue weighted by Crippen LogP contribution is 2.40. The molecule has 1 saturated heterocycles. The Kier molecular flexibility index (Phi) is 6.06. The van der Waals surface area contributed by atoms with E-state index in [4.69, 9.17) is 0 Å². The van der Waals surface area contributed by atoms with Gasteiger partial charge in [0.05, 0.1) is 13.1 Å². The average molecular weight is 386 g/mol. The molecule has 0 spiro atoms. The quantitative estimate of drug-likeness (QED) is 0.736. The number of rotatable bonds is 6. The van der Waals surface area contributed by atoms with Gasteiger partial charge >= 0.3 is 6.03 Å². The average Bonchev–Trinajstić information content (AvgIpc) is 3.01. The zero-order valence-corrected chi connectivity index (χ0v) is 17.1. The Bertz CT molecular complexity index is 718. The van der Waals surface area contributed by atoms with Gasteiger partial charge in [0, 0.05) is 11.6 Å². The molecule has 4 amide bonds. The van der Waals surface area contributed by atoms with Crippen molar-refractivity contribution >= 4 is 17.8 Å². The van der Waals surface area contributed by atoms with E-state index >= 15 is 0 Å². The molecule has 1 heterocycles. The first-order valence-electron chi connectivity index (χ1n) is 10.3. The lowest BCUT2D eigenvalue weighted by molar-refractivity contribution is -0.125. The Balaban J connectivity index is 1.51. The van der Waals surface area contributed by atoms with Crippen molar-refractivity contribution in [2.75, 3.05) is 6.54 Å². The molecular weight excluding hydrogens is 354 g/mol. The van der Waals surface area contributed by atoms with E-state index in [0.29, 0.717) is 11.0 Å². The van der Waals surface area contributed by atoms with E-state index in [2.05, 4.69) is 31.4 Å². The standard InChI is InChI=1S/C22H31N3O3/c1-4-22(2,3)17-9-11-18(12-10-17)24-20(27)16-7-5-15(6-8-16)14-25-19(26)13-23-21(25)28/h5-8,17-18H,4,9-14H2,1-3H3,(H,23,28)(H,24,27).